The Morgan fingerprint density at radius 3 is 2.50 bits per heavy atom. The SMILES string of the molecule is O=C(c1cccc2c1OCO2)N1CCN(Cc2ccccc2)CC1. The summed E-state index contributed by atoms with van der Waals surface area (Å²) < 4.78 is 10.8. The summed E-state index contributed by atoms with van der Waals surface area (Å²) in [6, 6.07) is 15.9. The van der Waals surface area contributed by atoms with E-state index in [1.807, 2.05) is 29.2 Å². The Labute approximate surface area is 141 Å². The fourth-order valence-electron chi connectivity index (χ4n) is 3.22. The van der Waals surface area contributed by atoms with Gasteiger partial charge in [0.2, 0.25) is 6.79 Å². The van der Waals surface area contributed by atoms with Crippen LogP contribution in [0.25, 0.3) is 0 Å². The van der Waals surface area contributed by atoms with E-state index >= 15 is 0 Å². The van der Waals surface area contributed by atoms with E-state index in [0.717, 1.165) is 32.7 Å². The van der Waals surface area contributed by atoms with Crippen LogP contribution in [0.5, 0.6) is 11.5 Å². The lowest BCUT2D eigenvalue weighted by atomic mass is 10.1. The molecule has 0 saturated carbocycles. The van der Waals surface area contributed by atoms with Gasteiger partial charge < -0.3 is 14.4 Å². The first-order valence-electron chi connectivity index (χ1n) is 8.25. The van der Waals surface area contributed by atoms with Crippen LogP contribution in [0.2, 0.25) is 0 Å². The number of ether oxygens (including phenoxy) is 2. The minimum Gasteiger partial charge on any atom is -0.454 e. The number of para-hydroxylation sites is 1. The van der Waals surface area contributed by atoms with E-state index in [0.29, 0.717) is 17.1 Å². The lowest BCUT2D eigenvalue weighted by Gasteiger charge is -2.34. The Balaban J connectivity index is 1.39. The molecule has 0 unspecified atom stereocenters. The maximum atomic E-state index is 12.8. The highest BCUT2D eigenvalue weighted by Crippen LogP contribution is 2.36. The number of benzene rings is 2. The number of amides is 1. The molecule has 2 heterocycles. The fourth-order valence-corrected chi connectivity index (χ4v) is 3.22. The minimum absolute atomic E-state index is 0.0247. The molecule has 4 rings (SSSR count). The van der Waals surface area contributed by atoms with Crippen molar-refractivity contribution in [3.63, 3.8) is 0 Å². The molecule has 0 spiro atoms. The molecule has 24 heavy (non-hydrogen) atoms. The van der Waals surface area contributed by atoms with Crippen LogP contribution in [-0.2, 0) is 6.54 Å². The van der Waals surface area contributed by atoms with Gasteiger partial charge in [-0.15, -0.1) is 0 Å². The van der Waals surface area contributed by atoms with Crippen molar-refractivity contribution >= 4 is 5.91 Å². The van der Waals surface area contributed by atoms with Gasteiger partial charge in [-0.3, -0.25) is 9.69 Å². The molecule has 2 aromatic rings. The van der Waals surface area contributed by atoms with Crippen molar-refractivity contribution in [1.82, 2.24) is 9.80 Å². The second kappa shape index (κ2) is 6.53. The average molecular weight is 324 g/mol. The fraction of sp³-hybridized carbons (Fsp3) is 0.316. The number of hydrogen-bond acceptors (Lipinski definition) is 4. The van der Waals surface area contributed by atoms with Crippen molar-refractivity contribution in [2.45, 2.75) is 6.54 Å². The van der Waals surface area contributed by atoms with Crippen molar-refractivity contribution in [3.05, 3.63) is 59.7 Å². The van der Waals surface area contributed by atoms with E-state index in [1.54, 1.807) is 0 Å². The molecular weight excluding hydrogens is 304 g/mol. The summed E-state index contributed by atoms with van der Waals surface area (Å²) >= 11 is 0. The lowest BCUT2D eigenvalue weighted by molar-refractivity contribution is 0.0624. The maximum absolute atomic E-state index is 12.8. The average Bonchev–Trinajstić information content (AvgIpc) is 3.11. The smallest absolute Gasteiger partial charge is 0.257 e. The number of carbonyl (C=O) groups excluding carboxylic acids is 1. The number of rotatable bonds is 3. The monoisotopic (exact) mass is 324 g/mol. The second-order valence-corrected chi connectivity index (χ2v) is 6.09. The summed E-state index contributed by atoms with van der Waals surface area (Å²) in [5.74, 6) is 1.26. The van der Waals surface area contributed by atoms with Gasteiger partial charge in [0.05, 0.1) is 5.56 Å². The van der Waals surface area contributed by atoms with Crippen molar-refractivity contribution in [2.75, 3.05) is 33.0 Å². The molecule has 0 atom stereocenters. The van der Waals surface area contributed by atoms with Gasteiger partial charge >= 0.3 is 0 Å². The number of fused-ring (bicyclic) bond motifs is 1. The third kappa shape index (κ3) is 2.95. The van der Waals surface area contributed by atoms with Crippen LogP contribution in [0.1, 0.15) is 15.9 Å². The molecule has 0 aliphatic carbocycles. The molecule has 1 saturated heterocycles. The third-order valence-electron chi connectivity index (χ3n) is 4.54. The Hall–Kier alpha value is -2.53. The van der Waals surface area contributed by atoms with Gasteiger partial charge in [0.25, 0.3) is 5.91 Å². The van der Waals surface area contributed by atoms with Gasteiger partial charge in [-0.05, 0) is 17.7 Å². The largest absolute Gasteiger partial charge is 0.454 e. The zero-order valence-corrected chi connectivity index (χ0v) is 13.5. The van der Waals surface area contributed by atoms with Crippen molar-refractivity contribution in [3.8, 4) is 11.5 Å². The van der Waals surface area contributed by atoms with Gasteiger partial charge in [-0.2, -0.15) is 0 Å². The normalized spacial score (nSPS) is 17.1. The molecule has 2 aromatic carbocycles. The predicted molar refractivity (Wildman–Crippen MR) is 90.2 cm³/mol. The summed E-state index contributed by atoms with van der Waals surface area (Å²) in [6.07, 6.45) is 0. The molecule has 0 N–H and O–H groups in total. The molecule has 0 radical (unpaired) electrons. The first kappa shape index (κ1) is 15.0. The molecule has 5 nitrogen and oxygen atoms in total. The standard InChI is InChI=1S/C19H20N2O3/c22-19(16-7-4-8-17-18(16)24-14-23-17)21-11-9-20(10-12-21)13-15-5-2-1-3-6-15/h1-8H,9-14H2. The molecule has 124 valence electrons. The van der Waals surface area contributed by atoms with Gasteiger partial charge in [0, 0.05) is 32.7 Å². The summed E-state index contributed by atoms with van der Waals surface area (Å²) in [6.45, 7) is 4.34. The first-order chi connectivity index (χ1) is 11.8. The number of nitrogens with zero attached hydrogens (tertiary/aromatic N) is 2. The molecule has 5 heteroatoms. The van der Waals surface area contributed by atoms with Crippen molar-refractivity contribution in [1.29, 1.82) is 0 Å². The van der Waals surface area contributed by atoms with E-state index in [-0.39, 0.29) is 12.7 Å². The van der Waals surface area contributed by atoms with Crippen molar-refractivity contribution < 1.29 is 14.3 Å². The molecule has 2 aliphatic rings. The first-order valence-corrected chi connectivity index (χ1v) is 8.25. The minimum atomic E-state index is 0.0247. The van der Waals surface area contributed by atoms with Crippen LogP contribution in [0.4, 0.5) is 0 Å². The highest BCUT2D eigenvalue weighted by atomic mass is 16.7. The van der Waals surface area contributed by atoms with E-state index in [4.69, 9.17) is 9.47 Å². The van der Waals surface area contributed by atoms with E-state index in [2.05, 4.69) is 29.2 Å². The van der Waals surface area contributed by atoms with Gasteiger partial charge in [0.15, 0.2) is 11.5 Å². The Morgan fingerprint density at radius 2 is 1.71 bits per heavy atom. The Morgan fingerprint density at radius 1 is 0.917 bits per heavy atom. The number of hydrogen-bond donors (Lipinski definition) is 0. The van der Waals surface area contributed by atoms with Gasteiger partial charge in [-0.1, -0.05) is 36.4 Å². The van der Waals surface area contributed by atoms with Crippen LogP contribution in [0.15, 0.2) is 48.5 Å². The van der Waals surface area contributed by atoms with Crippen LogP contribution < -0.4 is 9.47 Å². The Bertz CT molecular complexity index is 725. The molecular formula is C19H20N2O3. The van der Waals surface area contributed by atoms with Crippen LogP contribution in [0.3, 0.4) is 0 Å². The molecule has 1 fully saturated rings. The van der Waals surface area contributed by atoms with E-state index in [1.165, 1.54) is 5.56 Å². The molecule has 1 amide bonds. The molecule has 0 bridgehead atoms. The Kier molecular flexibility index (Phi) is 4.09. The number of carbonyl (C=O) groups is 1. The topological polar surface area (TPSA) is 42.0 Å². The highest BCUT2D eigenvalue weighted by molar-refractivity contribution is 5.98. The number of piperazine rings is 1. The molecule has 2 aliphatic heterocycles. The zero-order chi connectivity index (χ0) is 16.4. The van der Waals surface area contributed by atoms with Crippen LogP contribution in [0, 0.1) is 0 Å². The predicted octanol–water partition coefficient (Wildman–Crippen LogP) is 2.37. The van der Waals surface area contributed by atoms with E-state index < -0.39 is 0 Å². The summed E-state index contributed by atoms with van der Waals surface area (Å²) in [7, 11) is 0. The summed E-state index contributed by atoms with van der Waals surface area (Å²) in [4.78, 5) is 17.1. The lowest BCUT2D eigenvalue weighted by Crippen LogP contribution is -2.48. The summed E-state index contributed by atoms with van der Waals surface area (Å²) in [5, 5.41) is 0. The summed E-state index contributed by atoms with van der Waals surface area (Å²) in [5.41, 5.74) is 1.91. The quantitative estimate of drug-likeness (QED) is 0.869. The van der Waals surface area contributed by atoms with Gasteiger partial charge in [0.1, 0.15) is 0 Å². The maximum Gasteiger partial charge on any atom is 0.257 e. The van der Waals surface area contributed by atoms with Crippen LogP contribution in [-0.4, -0.2) is 48.7 Å². The van der Waals surface area contributed by atoms with Crippen LogP contribution >= 0.6 is 0 Å². The van der Waals surface area contributed by atoms with Gasteiger partial charge in [-0.25, -0.2) is 0 Å². The van der Waals surface area contributed by atoms with E-state index in [9.17, 15) is 4.79 Å². The zero-order valence-electron chi connectivity index (χ0n) is 13.5. The molecule has 0 aromatic heterocycles. The third-order valence-corrected chi connectivity index (χ3v) is 4.54. The highest BCUT2D eigenvalue weighted by Gasteiger charge is 2.27. The second-order valence-electron chi connectivity index (χ2n) is 6.09. The van der Waals surface area contributed by atoms with Crippen molar-refractivity contribution in [2.24, 2.45) is 0 Å².